The monoisotopic (exact) mass is 581 g/mol. The Balaban J connectivity index is 1.53. The summed E-state index contributed by atoms with van der Waals surface area (Å²) >= 11 is 6.10. The van der Waals surface area contributed by atoms with E-state index < -0.39 is 27.8 Å². The highest BCUT2D eigenvalue weighted by molar-refractivity contribution is 7.88. The van der Waals surface area contributed by atoms with E-state index in [1.54, 1.807) is 12.1 Å². The Hall–Kier alpha value is -2.15. The van der Waals surface area contributed by atoms with E-state index in [9.17, 15) is 17.6 Å². The van der Waals surface area contributed by atoms with Crippen molar-refractivity contribution in [1.82, 2.24) is 14.6 Å². The zero-order chi connectivity index (χ0) is 28.2. The smallest absolute Gasteiger partial charge is 0.241 e. The van der Waals surface area contributed by atoms with Gasteiger partial charge in [0.05, 0.1) is 30.4 Å². The summed E-state index contributed by atoms with van der Waals surface area (Å²) in [6.07, 6.45) is 5.82. The van der Waals surface area contributed by atoms with Crippen LogP contribution in [0, 0.1) is 11.7 Å². The minimum absolute atomic E-state index is 0.133. The molecule has 4 rings (SSSR count). The number of piperazine rings is 1. The number of anilines is 1. The minimum atomic E-state index is -3.44. The molecule has 2 aliphatic heterocycles. The van der Waals surface area contributed by atoms with Crippen molar-refractivity contribution in [1.29, 1.82) is 0 Å². The molecule has 2 saturated heterocycles. The van der Waals surface area contributed by atoms with Crippen molar-refractivity contribution in [2.75, 3.05) is 37.9 Å². The van der Waals surface area contributed by atoms with Crippen LogP contribution in [-0.4, -0.2) is 74.3 Å². The van der Waals surface area contributed by atoms with E-state index in [4.69, 9.17) is 22.1 Å². The van der Waals surface area contributed by atoms with Crippen molar-refractivity contribution in [3.63, 3.8) is 0 Å². The van der Waals surface area contributed by atoms with Gasteiger partial charge in [0.15, 0.2) is 0 Å². The number of nitrogens with two attached hydrogens (primary N) is 1. The second-order valence-electron chi connectivity index (χ2n) is 10.5. The van der Waals surface area contributed by atoms with E-state index in [1.807, 2.05) is 19.1 Å². The van der Waals surface area contributed by atoms with E-state index in [2.05, 4.69) is 15.6 Å². The number of sulfonamides is 1. The van der Waals surface area contributed by atoms with Crippen molar-refractivity contribution < 1.29 is 22.3 Å². The van der Waals surface area contributed by atoms with Gasteiger partial charge in [-0.05, 0) is 56.2 Å². The average Bonchev–Trinajstić information content (AvgIpc) is 2.89. The van der Waals surface area contributed by atoms with Crippen molar-refractivity contribution in [3.05, 3.63) is 58.6 Å². The van der Waals surface area contributed by atoms with Crippen LogP contribution in [0.5, 0.6) is 0 Å². The van der Waals surface area contributed by atoms with Gasteiger partial charge in [-0.15, -0.1) is 0 Å². The molecule has 0 aliphatic carbocycles. The summed E-state index contributed by atoms with van der Waals surface area (Å²) in [5.41, 5.74) is 8.00. The maximum Gasteiger partial charge on any atom is 0.241 e. The third kappa shape index (κ3) is 7.33. The van der Waals surface area contributed by atoms with E-state index in [1.165, 1.54) is 16.8 Å². The highest BCUT2D eigenvalue weighted by Crippen LogP contribution is 2.35. The fraction of sp³-hybridized carbons (Fsp3) is 0.556. The Kier molecular flexibility index (Phi) is 9.95. The molecule has 3 heterocycles. The van der Waals surface area contributed by atoms with Gasteiger partial charge in [0.2, 0.25) is 15.9 Å². The number of hydrogen-bond donors (Lipinski definition) is 3. The molecular weight excluding hydrogens is 545 g/mol. The second kappa shape index (κ2) is 13.0. The number of carbonyl (C=O) groups is 1. The van der Waals surface area contributed by atoms with Crippen molar-refractivity contribution in [2.24, 2.45) is 11.7 Å². The van der Waals surface area contributed by atoms with Gasteiger partial charge in [-0.2, -0.15) is 4.31 Å². The number of pyridine rings is 1. The number of benzene rings is 1. The molecular formula is C27H37ClFN5O4S. The Morgan fingerprint density at radius 1 is 1.26 bits per heavy atom. The third-order valence-electron chi connectivity index (χ3n) is 7.71. The van der Waals surface area contributed by atoms with Gasteiger partial charge in [0.1, 0.15) is 5.82 Å². The fourth-order valence-electron chi connectivity index (χ4n) is 5.87. The molecule has 12 heteroatoms. The van der Waals surface area contributed by atoms with Gasteiger partial charge in [0, 0.05) is 54.9 Å². The van der Waals surface area contributed by atoms with Crippen LogP contribution in [0.3, 0.4) is 0 Å². The van der Waals surface area contributed by atoms with Gasteiger partial charge in [-0.3, -0.25) is 9.78 Å². The molecule has 1 aromatic heterocycles. The van der Waals surface area contributed by atoms with Crippen molar-refractivity contribution >= 4 is 33.2 Å². The van der Waals surface area contributed by atoms with E-state index >= 15 is 0 Å². The number of halogens is 2. The molecule has 2 aromatic rings. The lowest BCUT2D eigenvalue weighted by molar-refractivity contribution is -0.118. The maximum atomic E-state index is 15.0. The molecule has 1 aromatic carbocycles. The Bertz CT molecular complexity index is 1240. The van der Waals surface area contributed by atoms with Gasteiger partial charge in [0.25, 0.3) is 0 Å². The molecule has 0 radical (unpaired) electrons. The molecule has 39 heavy (non-hydrogen) atoms. The number of nitrogens with one attached hydrogen (secondary N) is 2. The van der Waals surface area contributed by atoms with Crippen LogP contribution in [0.2, 0.25) is 5.02 Å². The number of amides is 1. The lowest BCUT2D eigenvalue weighted by Crippen LogP contribution is -2.58. The zero-order valence-corrected chi connectivity index (χ0v) is 23.8. The van der Waals surface area contributed by atoms with Gasteiger partial charge in [-0.1, -0.05) is 23.7 Å². The summed E-state index contributed by atoms with van der Waals surface area (Å²) in [7, 11) is -3.44. The van der Waals surface area contributed by atoms with Gasteiger partial charge < -0.3 is 21.1 Å². The largest absolute Gasteiger partial charge is 0.381 e. The molecule has 1 amide bonds. The lowest BCUT2D eigenvalue weighted by atomic mass is 9.76. The first-order chi connectivity index (χ1) is 18.6. The van der Waals surface area contributed by atoms with Crippen molar-refractivity contribution in [2.45, 2.75) is 56.7 Å². The van der Waals surface area contributed by atoms with Crippen LogP contribution in [0.25, 0.3) is 0 Å². The van der Waals surface area contributed by atoms with Crippen LogP contribution >= 0.6 is 11.6 Å². The molecule has 0 spiro atoms. The number of aromatic nitrogens is 1. The molecule has 2 fully saturated rings. The van der Waals surface area contributed by atoms with Crippen LogP contribution in [0.4, 0.5) is 10.1 Å². The number of carbonyl (C=O) groups excluding carboxylic acids is 1. The van der Waals surface area contributed by atoms with E-state index in [0.717, 1.165) is 24.6 Å². The number of rotatable bonds is 9. The fourth-order valence-corrected chi connectivity index (χ4v) is 7.45. The van der Waals surface area contributed by atoms with E-state index in [-0.39, 0.29) is 41.6 Å². The van der Waals surface area contributed by atoms with Crippen molar-refractivity contribution in [3.8, 4) is 0 Å². The number of hydrogen-bond acceptors (Lipinski definition) is 7. The van der Waals surface area contributed by atoms with Crippen LogP contribution in [0.1, 0.15) is 43.2 Å². The lowest BCUT2D eigenvalue weighted by Gasteiger charge is -2.39. The summed E-state index contributed by atoms with van der Waals surface area (Å²) in [5.74, 6) is -1.16. The second-order valence-corrected chi connectivity index (χ2v) is 12.8. The quantitative estimate of drug-likeness (QED) is 0.415. The van der Waals surface area contributed by atoms with Crippen LogP contribution < -0.4 is 16.4 Å². The topological polar surface area (TPSA) is 127 Å². The SMILES string of the molecule is C[C@@H]1CNC[C@H](CCc2c(F)cncc2NC(=O)[C@@H](N)C(c2ccc(Cl)cc2)C2CCOCC2)N1S(C)(=O)=O. The van der Waals surface area contributed by atoms with Gasteiger partial charge in [-0.25, -0.2) is 12.8 Å². The van der Waals surface area contributed by atoms with E-state index in [0.29, 0.717) is 37.7 Å². The highest BCUT2D eigenvalue weighted by atomic mass is 35.5. The molecule has 2 aliphatic rings. The first kappa shape index (κ1) is 29.8. The number of nitrogens with zero attached hydrogens (tertiary/aromatic N) is 2. The molecule has 4 atom stereocenters. The Morgan fingerprint density at radius 2 is 1.95 bits per heavy atom. The average molecular weight is 582 g/mol. The number of ether oxygens (including phenoxy) is 1. The summed E-state index contributed by atoms with van der Waals surface area (Å²) in [6.45, 7) is 4.05. The zero-order valence-electron chi connectivity index (χ0n) is 22.3. The standard InChI is InChI=1S/C27H37ClFN5O4S/c1-17-13-31-14-21(34(17)39(2,36)37)7-8-22-23(29)15-32-16-24(22)33-27(35)26(30)25(19-9-11-38-12-10-19)18-3-5-20(28)6-4-18/h3-6,15-17,19,21,25-26,31H,7-14,30H2,1-2H3,(H,33,35)/t17-,21+,25?,26+/m1/s1. The predicted molar refractivity (Wildman–Crippen MR) is 150 cm³/mol. The van der Waals surface area contributed by atoms with Gasteiger partial charge >= 0.3 is 0 Å². The van der Waals surface area contributed by atoms with Crippen LogP contribution in [0.15, 0.2) is 36.7 Å². The summed E-state index contributed by atoms with van der Waals surface area (Å²) < 4.78 is 46.9. The Labute approximate surface area is 234 Å². The molecule has 4 N–H and O–H groups in total. The molecule has 0 saturated carbocycles. The highest BCUT2D eigenvalue weighted by Gasteiger charge is 2.36. The first-order valence-electron chi connectivity index (χ1n) is 13.3. The third-order valence-corrected chi connectivity index (χ3v) is 9.38. The van der Waals surface area contributed by atoms with Crippen LogP contribution in [-0.2, 0) is 26.0 Å². The first-order valence-corrected chi connectivity index (χ1v) is 15.5. The Morgan fingerprint density at radius 3 is 2.62 bits per heavy atom. The minimum Gasteiger partial charge on any atom is -0.381 e. The molecule has 0 bridgehead atoms. The maximum absolute atomic E-state index is 15.0. The predicted octanol–water partition coefficient (Wildman–Crippen LogP) is 2.90. The normalized spacial score (nSPS) is 22.8. The summed E-state index contributed by atoms with van der Waals surface area (Å²) in [5, 5.41) is 6.66. The summed E-state index contributed by atoms with van der Waals surface area (Å²) in [6, 6.07) is 5.87. The molecule has 214 valence electrons. The molecule has 1 unspecified atom stereocenters. The molecule has 9 nitrogen and oxygen atoms in total. The summed E-state index contributed by atoms with van der Waals surface area (Å²) in [4.78, 5) is 17.4.